The lowest BCUT2D eigenvalue weighted by Crippen LogP contribution is -2.28. The van der Waals surface area contributed by atoms with Crippen molar-refractivity contribution in [3.63, 3.8) is 0 Å². The first-order valence-electron chi connectivity index (χ1n) is 4.81. The zero-order chi connectivity index (χ0) is 9.97. The second-order valence-electron chi connectivity index (χ2n) is 3.54. The van der Waals surface area contributed by atoms with Gasteiger partial charge < -0.3 is 5.32 Å². The molecule has 1 heterocycles. The van der Waals surface area contributed by atoms with Crippen molar-refractivity contribution in [2.45, 2.75) is 18.9 Å². The fourth-order valence-corrected chi connectivity index (χ4v) is 1.80. The maximum Gasteiger partial charge on any atom is 0.167 e. The molecule has 1 unspecified atom stereocenters. The van der Waals surface area contributed by atoms with E-state index in [1.54, 1.807) is 0 Å². The summed E-state index contributed by atoms with van der Waals surface area (Å²) < 4.78 is 0. The first-order valence-corrected chi connectivity index (χ1v) is 4.81. The molecular formula is C12H13NO. The van der Waals surface area contributed by atoms with E-state index in [1.807, 2.05) is 30.3 Å². The Labute approximate surface area is 83.6 Å². The molecule has 0 radical (unpaired) electrons. The summed E-state index contributed by atoms with van der Waals surface area (Å²) in [5.74, 6) is 0.228. The monoisotopic (exact) mass is 187 g/mol. The minimum Gasteiger partial charge on any atom is -0.381 e. The van der Waals surface area contributed by atoms with Gasteiger partial charge in [-0.3, -0.25) is 4.79 Å². The fraction of sp³-hybridized carbons (Fsp3) is 0.250. The van der Waals surface area contributed by atoms with Crippen LogP contribution in [0.2, 0.25) is 0 Å². The lowest BCUT2D eigenvalue weighted by molar-refractivity contribution is 0.0973. The molecule has 1 aliphatic rings. The van der Waals surface area contributed by atoms with Gasteiger partial charge in [0.15, 0.2) is 5.78 Å². The van der Waals surface area contributed by atoms with Crippen molar-refractivity contribution in [1.82, 2.24) is 0 Å². The molecule has 0 saturated carbocycles. The quantitative estimate of drug-likeness (QED) is 0.721. The van der Waals surface area contributed by atoms with Gasteiger partial charge in [0.2, 0.25) is 0 Å². The second-order valence-corrected chi connectivity index (χ2v) is 3.54. The van der Waals surface area contributed by atoms with E-state index in [0.717, 1.165) is 17.7 Å². The molecule has 14 heavy (non-hydrogen) atoms. The summed E-state index contributed by atoms with van der Waals surface area (Å²) in [5, 5.41) is 3.34. The van der Waals surface area contributed by atoms with Crippen molar-refractivity contribution in [2.24, 2.45) is 0 Å². The first kappa shape index (κ1) is 9.00. The van der Waals surface area contributed by atoms with E-state index in [2.05, 4.69) is 11.9 Å². The highest BCUT2D eigenvalue weighted by atomic mass is 16.1. The van der Waals surface area contributed by atoms with Crippen LogP contribution < -0.4 is 5.32 Å². The molecular weight excluding hydrogens is 174 g/mol. The van der Waals surface area contributed by atoms with Crippen LogP contribution in [0.25, 0.3) is 0 Å². The van der Waals surface area contributed by atoms with E-state index < -0.39 is 0 Å². The molecule has 2 heteroatoms. The average molecular weight is 187 g/mol. The number of fused-ring (bicyclic) bond motifs is 1. The summed E-state index contributed by atoms with van der Waals surface area (Å²) >= 11 is 0. The molecule has 1 aliphatic heterocycles. The second kappa shape index (κ2) is 3.66. The topological polar surface area (TPSA) is 29.1 Å². The van der Waals surface area contributed by atoms with Crippen LogP contribution in [-0.2, 0) is 0 Å². The average Bonchev–Trinajstić information content (AvgIpc) is 2.18. The van der Waals surface area contributed by atoms with E-state index in [9.17, 15) is 4.79 Å². The Morgan fingerprint density at radius 1 is 1.50 bits per heavy atom. The number of nitrogens with one attached hydrogen (secondary N) is 1. The van der Waals surface area contributed by atoms with Gasteiger partial charge in [0, 0.05) is 23.7 Å². The number of carbonyl (C=O) groups is 1. The van der Waals surface area contributed by atoms with E-state index in [0.29, 0.717) is 6.42 Å². The van der Waals surface area contributed by atoms with Crippen LogP contribution in [0, 0.1) is 0 Å². The van der Waals surface area contributed by atoms with Gasteiger partial charge in [-0.15, -0.1) is 6.58 Å². The molecule has 2 nitrogen and oxygen atoms in total. The van der Waals surface area contributed by atoms with Crippen molar-refractivity contribution < 1.29 is 4.79 Å². The molecule has 0 saturated heterocycles. The lowest BCUT2D eigenvalue weighted by Gasteiger charge is -2.24. The summed E-state index contributed by atoms with van der Waals surface area (Å²) in [6.07, 6.45) is 3.25. The lowest BCUT2D eigenvalue weighted by atomic mass is 9.95. The molecule has 1 N–H and O–H groups in total. The van der Waals surface area contributed by atoms with Crippen molar-refractivity contribution in [1.29, 1.82) is 0 Å². The molecule has 2 rings (SSSR count). The number of para-hydroxylation sites is 1. The van der Waals surface area contributed by atoms with Crippen LogP contribution in [0.5, 0.6) is 0 Å². The molecule has 0 bridgehead atoms. The molecule has 0 fully saturated rings. The number of ketones is 1. The Morgan fingerprint density at radius 2 is 2.29 bits per heavy atom. The highest BCUT2D eigenvalue weighted by molar-refractivity contribution is 6.03. The number of carbonyl (C=O) groups excluding carboxylic acids is 1. The summed E-state index contributed by atoms with van der Waals surface area (Å²) in [5.41, 5.74) is 1.77. The maximum atomic E-state index is 11.7. The third-order valence-corrected chi connectivity index (χ3v) is 2.47. The summed E-state index contributed by atoms with van der Waals surface area (Å²) in [4.78, 5) is 11.7. The highest BCUT2D eigenvalue weighted by Crippen LogP contribution is 2.25. The van der Waals surface area contributed by atoms with Gasteiger partial charge in [-0.2, -0.15) is 0 Å². The molecule has 1 atom stereocenters. The van der Waals surface area contributed by atoms with Gasteiger partial charge in [-0.1, -0.05) is 18.2 Å². The first-order chi connectivity index (χ1) is 6.81. The summed E-state index contributed by atoms with van der Waals surface area (Å²) in [7, 11) is 0. The minimum atomic E-state index is 0.217. The zero-order valence-electron chi connectivity index (χ0n) is 7.99. The molecule has 1 aromatic rings. The maximum absolute atomic E-state index is 11.7. The van der Waals surface area contributed by atoms with E-state index >= 15 is 0 Å². The molecule has 0 amide bonds. The van der Waals surface area contributed by atoms with Gasteiger partial charge in [0.05, 0.1) is 0 Å². The zero-order valence-corrected chi connectivity index (χ0v) is 7.99. The largest absolute Gasteiger partial charge is 0.381 e. The molecule has 1 aromatic carbocycles. The van der Waals surface area contributed by atoms with Crippen LogP contribution in [0.3, 0.4) is 0 Å². The number of Topliss-reactive ketones (excluding diaryl/α,β-unsaturated/α-hetero) is 1. The van der Waals surface area contributed by atoms with Crippen LogP contribution in [-0.4, -0.2) is 11.8 Å². The Kier molecular flexibility index (Phi) is 2.35. The van der Waals surface area contributed by atoms with E-state index in [-0.39, 0.29) is 11.8 Å². The third-order valence-electron chi connectivity index (χ3n) is 2.47. The predicted octanol–water partition coefficient (Wildman–Crippen LogP) is 2.63. The van der Waals surface area contributed by atoms with Crippen LogP contribution in [0.15, 0.2) is 36.9 Å². The van der Waals surface area contributed by atoms with Crippen molar-refractivity contribution in [2.75, 3.05) is 5.32 Å². The SMILES string of the molecule is C=CCC1CC(=O)c2ccccc2N1. The minimum absolute atomic E-state index is 0.217. The number of benzene rings is 1. The fourth-order valence-electron chi connectivity index (χ4n) is 1.80. The van der Waals surface area contributed by atoms with Gasteiger partial charge in [-0.05, 0) is 18.6 Å². The van der Waals surface area contributed by atoms with Crippen molar-refractivity contribution >= 4 is 11.5 Å². The van der Waals surface area contributed by atoms with Crippen LogP contribution in [0.4, 0.5) is 5.69 Å². The van der Waals surface area contributed by atoms with Crippen LogP contribution in [0.1, 0.15) is 23.2 Å². The van der Waals surface area contributed by atoms with E-state index in [1.165, 1.54) is 0 Å². The number of hydrogen-bond donors (Lipinski definition) is 1. The van der Waals surface area contributed by atoms with Crippen molar-refractivity contribution in [3.8, 4) is 0 Å². The standard InChI is InChI=1S/C12H13NO/c1-2-5-9-8-12(14)10-6-3-4-7-11(10)13-9/h2-4,6-7,9,13H,1,5,8H2. The predicted molar refractivity (Wildman–Crippen MR) is 57.6 cm³/mol. The van der Waals surface area contributed by atoms with Gasteiger partial charge >= 0.3 is 0 Å². The van der Waals surface area contributed by atoms with Crippen molar-refractivity contribution in [3.05, 3.63) is 42.5 Å². The molecule has 72 valence electrons. The van der Waals surface area contributed by atoms with Gasteiger partial charge in [0.25, 0.3) is 0 Å². The molecule has 0 aromatic heterocycles. The van der Waals surface area contributed by atoms with Crippen LogP contribution >= 0.6 is 0 Å². The summed E-state index contributed by atoms with van der Waals surface area (Å²) in [6.45, 7) is 3.68. The number of anilines is 1. The number of hydrogen-bond acceptors (Lipinski definition) is 2. The Balaban J connectivity index is 2.28. The Hall–Kier alpha value is -1.57. The van der Waals surface area contributed by atoms with Gasteiger partial charge in [0.1, 0.15) is 0 Å². The summed E-state index contributed by atoms with van der Waals surface area (Å²) in [6, 6.07) is 7.87. The highest BCUT2D eigenvalue weighted by Gasteiger charge is 2.22. The Morgan fingerprint density at radius 3 is 3.07 bits per heavy atom. The Bertz CT molecular complexity index is 370. The molecule has 0 aliphatic carbocycles. The molecule has 0 spiro atoms. The normalized spacial score (nSPS) is 19.7. The van der Waals surface area contributed by atoms with E-state index in [4.69, 9.17) is 0 Å². The number of rotatable bonds is 2. The smallest absolute Gasteiger partial charge is 0.167 e. The third kappa shape index (κ3) is 1.55. The van der Waals surface area contributed by atoms with Gasteiger partial charge in [-0.25, -0.2) is 0 Å².